The predicted molar refractivity (Wildman–Crippen MR) is 79.2 cm³/mol. The Hall–Kier alpha value is -2.55. The molecule has 6 nitrogen and oxygen atoms in total. The average Bonchev–Trinajstić information content (AvgIpc) is 2.45. The number of urea groups is 1. The van der Waals surface area contributed by atoms with Crippen molar-refractivity contribution < 1.29 is 14.7 Å². The van der Waals surface area contributed by atoms with Crippen molar-refractivity contribution in [1.82, 2.24) is 4.90 Å². The number of aryl methyl sites for hydroxylation is 1. The molecule has 0 aromatic heterocycles. The Morgan fingerprint density at radius 2 is 2.14 bits per heavy atom. The number of rotatable bonds is 5. The van der Waals surface area contributed by atoms with Crippen LogP contribution in [0.5, 0.6) is 0 Å². The molecule has 0 aliphatic carbocycles. The van der Waals surface area contributed by atoms with Crippen LogP contribution < -0.4 is 5.32 Å². The number of carboxylic acid groups (broad SMARTS) is 1. The van der Waals surface area contributed by atoms with Crippen LogP contribution >= 0.6 is 0 Å². The van der Waals surface area contributed by atoms with Gasteiger partial charge >= 0.3 is 12.0 Å². The fourth-order valence-corrected chi connectivity index (χ4v) is 1.87. The lowest BCUT2D eigenvalue weighted by molar-refractivity contribution is 0.0698. The molecular formula is C15H19N3O3. The largest absolute Gasteiger partial charge is 0.478 e. The number of hydrogen-bond donors (Lipinski definition) is 2. The van der Waals surface area contributed by atoms with Gasteiger partial charge in [-0.2, -0.15) is 5.26 Å². The number of nitrogens with zero attached hydrogens (tertiary/aromatic N) is 2. The number of carbonyl (C=O) groups excluding carboxylic acids is 1. The van der Waals surface area contributed by atoms with Gasteiger partial charge in [-0.05, 0) is 32.9 Å². The summed E-state index contributed by atoms with van der Waals surface area (Å²) in [6, 6.07) is 6.46. The highest BCUT2D eigenvalue weighted by atomic mass is 16.4. The zero-order valence-electron chi connectivity index (χ0n) is 12.4. The molecule has 0 saturated carbocycles. The van der Waals surface area contributed by atoms with Gasteiger partial charge in [0.1, 0.15) is 0 Å². The van der Waals surface area contributed by atoms with E-state index in [4.69, 9.17) is 5.26 Å². The molecule has 0 spiro atoms. The number of anilines is 1. The Morgan fingerprint density at radius 3 is 2.67 bits per heavy atom. The minimum atomic E-state index is -1.09. The van der Waals surface area contributed by atoms with E-state index in [-0.39, 0.29) is 17.2 Å². The first-order valence-electron chi connectivity index (χ1n) is 6.68. The van der Waals surface area contributed by atoms with E-state index < -0.39 is 12.0 Å². The molecule has 0 heterocycles. The van der Waals surface area contributed by atoms with Crippen molar-refractivity contribution >= 4 is 17.7 Å². The third-order valence-corrected chi connectivity index (χ3v) is 3.03. The average molecular weight is 289 g/mol. The van der Waals surface area contributed by atoms with Crippen LogP contribution in [-0.2, 0) is 0 Å². The minimum Gasteiger partial charge on any atom is -0.478 e. The summed E-state index contributed by atoms with van der Waals surface area (Å²) >= 11 is 0. The van der Waals surface area contributed by atoms with Crippen molar-refractivity contribution in [2.24, 2.45) is 5.92 Å². The maximum absolute atomic E-state index is 12.2. The van der Waals surface area contributed by atoms with E-state index in [1.165, 1.54) is 11.0 Å². The highest BCUT2D eigenvalue weighted by Gasteiger charge is 2.18. The Labute approximate surface area is 124 Å². The molecule has 21 heavy (non-hydrogen) atoms. The molecule has 1 unspecified atom stereocenters. The third-order valence-electron chi connectivity index (χ3n) is 3.03. The predicted octanol–water partition coefficient (Wildman–Crippen LogP) is 2.71. The van der Waals surface area contributed by atoms with Crippen molar-refractivity contribution in [2.75, 3.05) is 18.4 Å². The maximum Gasteiger partial charge on any atom is 0.337 e. The van der Waals surface area contributed by atoms with Crippen LogP contribution in [0.3, 0.4) is 0 Å². The van der Waals surface area contributed by atoms with E-state index in [2.05, 4.69) is 11.4 Å². The molecule has 0 radical (unpaired) electrons. The van der Waals surface area contributed by atoms with Gasteiger partial charge in [0.2, 0.25) is 0 Å². The zero-order chi connectivity index (χ0) is 16.0. The van der Waals surface area contributed by atoms with Gasteiger partial charge in [0, 0.05) is 13.1 Å². The molecule has 2 amide bonds. The van der Waals surface area contributed by atoms with E-state index in [1.807, 2.05) is 0 Å². The number of amides is 2. The van der Waals surface area contributed by atoms with Gasteiger partial charge in [-0.15, -0.1) is 0 Å². The quantitative estimate of drug-likeness (QED) is 0.871. The molecular weight excluding hydrogens is 270 g/mol. The van der Waals surface area contributed by atoms with Gasteiger partial charge in [-0.3, -0.25) is 0 Å². The number of carboxylic acids is 1. The Balaban J connectivity index is 2.92. The smallest absolute Gasteiger partial charge is 0.337 e. The summed E-state index contributed by atoms with van der Waals surface area (Å²) in [5.41, 5.74) is 1.10. The number of hydrogen-bond acceptors (Lipinski definition) is 3. The summed E-state index contributed by atoms with van der Waals surface area (Å²) in [4.78, 5) is 24.8. The molecule has 112 valence electrons. The Morgan fingerprint density at radius 1 is 1.48 bits per heavy atom. The lowest BCUT2D eigenvalue weighted by atomic mass is 10.1. The standard InChI is InChI=1S/C15H19N3O3/c1-4-18(9-11(3)8-16)15(21)17-13-6-5-10(2)7-12(13)14(19)20/h5-7,11H,4,9H2,1-3H3,(H,17,21)(H,19,20). The first kappa shape index (κ1) is 16.5. The molecule has 6 heteroatoms. The van der Waals surface area contributed by atoms with Crippen molar-refractivity contribution in [3.8, 4) is 6.07 Å². The fraction of sp³-hybridized carbons (Fsp3) is 0.400. The van der Waals surface area contributed by atoms with Crippen molar-refractivity contribution in [3.63, 3.8) is 0 Å². The zero-order valence-corrected chi connectivity index (χ0v) is 12.4. The van der Waals surface area contributed by atoms with Crippen LogP contribution in [0, 0.1) is 24.2 Å². The summed E-state index contributed by atoms with van der Waals surface area (Å²) in [5.74, 6) is -1.38. The van der Waals surface area contributed by atoms with E-state index in [1.54, 1.807) is 32.9 Å². The molecule has 1 rings (SSSR count). The van der Waals surface area contributed by atoms with Gasteiger partial charge in [0.25, 0.3) is 0 Å². The van der Waals surface area contributed by atoms with E-state index in [9.17, 15) is 14.7 Å². The van der Waals surface area contributed by atoms with E-state index in [0.29, 0.717) is 13.1 Å². The first-order chi connectivity index (χ1) is 9.88. The fourth-order valence-electron chi connectivity index (χ4n) is 1.87. The molecule has 0 bridgehead atoms. The number of benzene rings is 1. The molecule has 0 fully saturated rings. The molecule has 1 aromatic carbocycles. The van der Waals surface area contributed by atoms with Crippen molar-refractivity contribution in [1.29, 1.82) is 5.26 Å². The Bertz CT molecular complexity index is 578. The molecule has 2 N–H and O–H groups in total. The number of nitrogens with one attached hydrogen (secondary N) is 1. The second-order valence-corrected chi connectivity index (χ2v) is 4.85. The van der Waals surface area contributed by atoms with E-state index in [0.717, 1.165) is 5.56 Å². The summed E-state index contributed by atoms with van der Waals surface area (Å²) in [5, 5.41) is 20.6. The first-order valence-corrected chi connectivity index (χ1v) is 6.68. The molecule has 0 saturated heterocycles. The minimum absolute atomic E-state index is 0.0488. The lowest BCUT2D eigenvalue weighted by Gasteiger charge is -2.22. The van der Waals surface area contributed by atoms with Gasteiger partial charge < -0.3 is 15.3 Å². The molecule has 1 aromatic rings. The summed E-state index contributed by atoms with van der Waals surface area (Å²) < 4.78 is 0. The van der Waals surface area contributed by atoms with Gasteiger partial charge in [-0.1, -0.05) is 11.6 Å². The molecule has 0 aliphatic heterocycles. The second-order valence-electron chi connectivity index (χ2n) is 4.85. The lowest BCUT2D eigenvalue weighted by Crippen LogP contribution is -2.37. The topological polar surface area (TPSA) is 93.4 Å². The van der Waals surface area contributed by atoms with Crippen LogP contribution in [0.1, 0.15) is 29.8 Å². The van der Waals surface area contributed by atoms with Gasteiger partial charge in [0.05, 0.1) is 23.2 Å². The highest BCUT2D eigenvalue weighted by Crippen LogP contribution is 2.18. The highest BCUT2D eigenvalue weighted by molar-refractivity contribution is 6.00. The van der Waals surface area contributed by atoms with Crippen molar-refractivity contribution in [2.45, 2.75) is 20.8 Å². The maximum atomic E-state index is 12.2. The molecule has 1 atom stereocenters. The van der Waals surface area contributed by atoms with Crippen LogP contribution in [0.4, 0.5) is 10.5 Å². The SMILES string of the molecule is CCN(CC(C)C#N)C(=O)Nc1ccc(C)cc1C(=O)O. The third kappa shape index (κ3) is 4.49. The number of nitriles is 1. The second kappa shape index (κ2) is 7.29. The Kier molecular flexibility index (Phi) is 5.73. The number of carbonyl (C=O) groups is 2. The van der Waals surface area contributed by atoms with Crippen LogP contribution in [0.25, 0.3) is 0 Å². The summed E-state index contributed by atoms with van der Waals surface area (Å²) in [6.07, 6.45) is 0. The monoisotopic (exact) mass is 289 g/mol. The van der Waals surface area contributed by atoms with Crippen LogP contribution in [0.15, 0.2) is 18.2 Å². The van der Waals surface area contributed by atoms with E-state index >= 15 is 0 Å². The summed E-state index contributed by atoms with van der Waals surface area (Å²) in [6.45, 7) is 6.05. The number of aromatic carboxylic acids is 1. The van der Waals surface area contributed by atoms with Crippen LogP contribution in [-0.4, -0.2) is 35.1 Å². The van der Waals surface area contributed by atoms with Gasteiger partial charge in [0.15, 0.2) is 0 Å². The van der Waals surface area contributed by atoms with Gasteiger partial charge in [-0.25, -0.2) is 9.59 Å². The normalized spacial score (nSPS) is 11.3. The summed E-state index contributed by atoms with van der Waals surface area (Å²) in [7, 11) is 0. The molecule has 0 aliphatic rings. The van der Waals surface area contributed by atoms with Crippen molar-refractivity contribution in [3.05, 3.63) is 29.3 Å². The van der Waals surface area contributed by atoms with Crippen LogP contribution in [0.2, 0.25) is 0 Å².